The number of aromatic nitrogens is 3. The molecule has 1 aromatic heterocycles. The van der Waals surface area contributed by atoms with Crippen LogP contribution in [0.15, 0.2) is 53.7 Å². The predicted molar refractivity (Wildman–Crippen MR) is 136 cm³/mol. The summed E-state index contributed by atoms with van der Waals surface area (Å²) in [5.74, 6) is 1.04. The number of amides is 1. The third kappa shape index (κ3) is 6.04. The zero-order chi connectivity index (χ0) is 24.7. The Hall–Kier alpha value is -3.15. The van der Waals surface area contributed by atoms with Gasteiger partial charge >= 0.3 is 0 Å². The first-order valence-electron chi connectivity index (χ1n) is 11.5. The normalized spacial score (nSPS) is 11.9. The van der Waals surface area contributed by atoms with Crippen LogP contribution in [0.3, 0.4) is 0 Å². The van der Waals surface area contributed by atoms with Crippen LogP contribution < -0.4 is 9.80 Å². The molecule has 1 amide bonds. The molecule has 0 unspecified atom stereocenters. The quantitative estimate of drug-likeness (QED) is 0.452. The maximum atomic E-state index is 13.3. The molecular weight excluding hydrogens is 444 g/mol. The minimum atomic E-state index is -0.0558. The van der Waals surface area contributed by atoms with E-state index in [1.807, 2.05) is 56.3 Å². The van der Waals surface area contributed by atoms with E-state index < -0.39 is 0 Å². The minimum absolute atomic E-state index is 0.0558. The van der Waals surface area contributed by atoms with Gasteiger partial charge in [0.2, 0.25) is 5.91 Å². The highest BCUT2D eigenvalue weighted by Crippen LogP contribution is 2.27. The molecule has 0 aliphatic rings. The van der Waals surface area contributed by atoms with E-state index in [2.05, 4.69) is 47.9 Å². The van der Waals surface area contributed by atoms with Crippen molar-refractivity contribution in [1.29, 1.82) is 5.26 Å². The van der Waals surface area contributed by atoms with Crippen molar-refractivity contribution in [2.24, 2.45) is 0 Å². The van der Waals surface area contributed by atoms with Gasteiger partial charge in [-0.1, -0.05) is 43.0 Å². The fourth-order valence-corrected chi connectivity index (χ4v) is 4.97. The molecule has 1 atom stereocenters. The van der Waals surface area contributed by atoms with Gasteiger partial charge in [-0.3, -0.25) is 9.36 Å². The molecule has 178 valence electrons. The number of thioether (sulfide) groups is 1. The Balaban J connectivity index is 1.90. The molecule has 0 fully saturated rings. The van der Waals surface area contributed by atoms with Crippen molar-refractivity contribution >= 4 is 23.4 Å². The second kappa shape index (κ2) is 11.8. The number of carbonyl (C=O) groups is 1. The molecule has 3 aromatic rings. The number of hydrogen-bond donors (Lipinski definition) is 1. The average Bonchev–Trinajstić information content (AvgIpc) is 3.21. The molecule has 0 aliphatic heterocycles. The number of hydrogen-bond acceptors (Lipinski definition) is 5. The number of nitriles is 1. The molecule has 2 aromatic carbocycles. The third-order valence-corrected chi connectivity index (χ3v) is 6.59. The van der Waals surface area contributed by atoms with Crippen molar-refractivity contribution in [2.45, 2.75) is 44.8 Å². The van der Waals surface area contributed by atoms with Crippen LogP contribution in [0.2, 0.25) is 0 Å². The Morgan fingerprint density at radius 2 is 1.82 bits per heavy atom. The first-order chi connectivity index (χ1) is 16.3. The number of benzene rings is 2. The molecule has 0 bridgehead atoms. The molecule has 1 heterocycles. The molecule has 34 heavy (non-hydrogen) atoms. The summed E-state index contributed by atoms with van der Waals surface area (Å²) < 4.78 is 2.07. The van der Waals surface area contributed by atoms with Crippen LogP contribution in [0, 0.1) is 25.2 Å². The Morgan fingerprint density at radius 1 is 1.15 bits per heavy atom. The van der Waals surface area contributed by atoms with E-state index in [1.165, 1.54) is 16.7 Å². The Morgan fingerprint density at radius 3 is 2.41 bits per heavy atom. The maximum absolute atomic E-state index is 13.3. The molecule has 0 aliphatic carbocycles. The molecule has 1 N–H and O–H groups in total. The largest absolute Gasteiger partial charge is 0.331 e. The lowest BCUT2D eigenvalue weighted by atomic mass is 10.1. The summed E-state index contributed by atoms with van der Waals surface area (Å²) in [7, 11) is 4.23. The van der Waals surface area contributed by atoms with Crippen LogP contribution in [0.1, 0.15) is 42.8 Å². The summed E-state index contributed by atoms with van der Waals surface area (Å²) in [4.78, 5) is 16.3. The number of para-hydroxylation sites is 1. The van der Waals surface area contributed by atoms with Crippen LogP contribution in [0.5, 0.6) is 0 Å². The van der Waals surface area contributed by atoms with Gasteiger partial charge in [0.1, 0.15) is 6.04 Å². The second-order valence-corrected chi connectivity index (χ2v) is 9.58. The van der Waals surface area contributed by atoms with Gasteiger partial charge in [0, 0.05) is 24.3 Å². The molecule has 0 saturated heterocycles. The number of anilines is 1. The van der Waals surface area contributed by atoms with E-state index in [1.54, 1.807) is 4.90 Å². The summed E-state index contributed by atoms with van der Waals surface area (Å²) in [6.07, 6.45) is 1.20. The molecule has 0 spiro atoms. The topological polar surface area (TPSA) is 79.2 Å². The SMILES string of the molecule is CC[C@H](c1nnc(SCC(=O)N(CCC#N)c2cc(C)cc(C)c2)n1-c1ccccc1)[NH+](C)C. The molecule has 3 rings (SSSR count). The van der Waals surface area contributed by atoms with Gasteiger partial charge in [-0.2, -0.15) is 5.26 Å². The van der Waals surface area contributed by atoms with E-state index in [0.29, 0.717) is 11.7 Å². The number of quaternary nitrogens is 1. The van der Waals surface area contributed by atoms with Crippen molar-refractivity contribution < 1.29 is 9.69 Å². The zero-order valence-corrected chi connectivity index (χ0v) is 21.4. The summed E-state index contributed by atoms with van der Waals surface area (Å²) >= 11 is 1.38. The van der Waals surface area contributed by atoms with E-state index in [4.69, 9.17) is 5.26 Å². The van der Waals surface area contributed by atoms with Gasteiger partial charge in [0.15, 0.2) is 11.0 Å². The van der Waals surface area contributed by atoms with Crippen molar-refractivity contribution in [3.8, 4) is 11.8 Å². The van der Waals surface area contributed by atoms with E-state index >= 15 is 0 Å². The second-order valence-electron chi connectivity index (χ2n) is 8.64. The lowest BCUT2D eigenvalue weighted by Crippen LogP contribution is -3.06. The van der Waals surface area contributed by atoms with Gasteiger partial charge < -0.3 is 9.80 Å². The van der Waals surface area contributed by atoms with Gasteiger partial charge in [-0.25, -0.2) is 0 Å². The smallest absolute Gasteiger partial charge is 0.237 e. The van der Waals surface area contributed by atoms with E-state index in [9.17, 15) is 4.79 Å². The van der Waals surface area contributed by atoms with Gasteiger partial charge in [-0.05, 0) is 49.2 Å². The summed E-state index contributed by atoms with van der Waals surface area (Å²) in [6, 6.07) is 18.4. The Kier molecular flexibility index (Phi) is 8.85. The minimum Gasteiger partial charge on any atom is -0.331 e. The number of nitrogens with one attached hydrogen (secondary N) is 1. The molecule has 8 heteroatoms. The first-order valence-corrected chi connectivity index (χ1v) is 12.5. The van der Waals surface area contributed by atoms with E-state index in [-0.39, 0.29) is 24.1 Å². The fraction of sp³-hybridized carbons (Fsp3) is 0.385. The van der Waals surface area contributed by atoms with Gasteiger partial charge in [0.25, 0.3) is 0 Å². The standard InChI is InChI=1S/C26H32N6OS/c1-6-23(30(4)5)25-28-29-26(32(25)21-11-8-7-9-12-21)34-18-24(33)31(14-10-13-27)22-16-19(2)15-20(3)17-22/h7-9,11-12,15-17,23H,6,10,14,18H2,1-5H3/p+1/t23-/m1/s1. The average molecular weight is 478 g/mol. The lowest BCUT2D eigenvalue weighted by molar-refractivity contribution is -0.893. The molecular formula is C26H33N6OS+. The van der Waals surface area contributed by atoms with Gasteiger partial charge in [0.05, 0.1) is 32.3 Å². The summed E-state index contributed by atoms with van der Waals surface area (Å²) in [6.45, 7) is 6.53. The highest BCUT2D eigenvalue weighted by molar-refractivity contribution is 7.99. The third-order valence-electron chi connectivity index (χ3n) is 5.68. The Bertz CT molecular complexity index is 1130. The molecule has 0 radical (unpaired) electrons. The highest BCUT2D eigenvalue weighted by Gasteiger charge is 2.26. The number of nitrogens with zero attached hydrogens (tertiary/aromatic N) is 5. The summed E-state index contributed by atoms with van der Waals surface area (Å²) in [5.41, 5.74) is 3.98. The monoisotopic (exact) mass is 477 g/mol. The van der Waals surface area contributed by atoms with Crippen molar-refractivity contribution in [2.75, 3.05) is 31.3 Å². The van der Waals surface area contributed by atoms with Crippen LogP contribution >= 0.6 is 11.8 Å². The van der Waals surface area contributed by atoms with Crippen molar-refractivity contribution in [1.82, 2.24) is 14.8 Å². The zero-order valence-electron chi connectivity index (χ0n) is 20.6. The van der Waals surface area contributed by atoms with Crippen molar-refractivity contribution in [3.05, 3.63) is 65.5 Å². The van der Waals surface area contributed by atoms with Crippen LogP contribution in [0.4, 0.5) is 5.69 Å². The highest BCUT2D eigenvalue weighted by atomic mass is 32.2. The number of carbonyl (C=O) groups excluding carboxylic acids is 1. The molecule has 7 nitrogen and oxygen atoms in total. The van der Waals surface area contributed by atoms with Gasteiger partial charge in [-0.15, -0.1) is 10.2 Å². The first kappa shape index (κ1) is 25.5. The lowest BCUT2D eigenvalue weighted by Gasteiger charge is -2.23. The molecule has 0 saturated carbocycles. The van der Waals surface area contributed by atoms with E-state index in [0.717, 1.165) is 34.7 Å². The Labute approximate surface area is 206 Å². The predicted octanol–water partition coefficient (Wildman–Crippen LogP) is 3.52. The maximum Gasteiger partial charge on any atom is 0.237 e. The summed E-state index contributed by atoms with van der Waals surface area (Å²) in [5, 5.41) is 18.8. The fourth-order valence-electron chi connectivity index (χ4n) is 4.14. The van der Waals surface area contributed by atoms with Crippen LogP contribution in [-0.4, -0.2) is 47.1 Å². The number of rotatable bonds is 10. The van der Waals surface area contributed by atoms with Crippen molar-refractivity contribution in [3.63, 3.8) is 0 Å². The van der Waals surface area contributed by atoms with Crippen LogP contribution in [-0.2, 0) is 4.79 Å². The number of aryl methyl sites for hydroxylation is 2. The van der Waals surface area contributed by atoms with Crippen LogP contribution in [0.25, 0.3) is 5.69 Å².